The molecule has 0 radical (unpaired) electrons. The number of carbonyl (C=O) groups is 1. The fraction of sp³-hybridized carbons (Fsp3) is 0.231. The summed E-state index contributed by atoms with van der Waals surface area (Å²) in [5.74, 6) is 5.37. The van der Waals surface area contributed by atoms with Crippen molar-refractivity contribution in [2.45, 2.75) is 13.8 Å². The third-order valence-electron chi connectivity index (χ3n) is 2.54. The second-order valence-electron chi connectivity index (χ2n) is 3.84. The van der Waals surface area contributed by atoms with E-state index in [0.717, 1.165) is 16.1 Å². The molecule has 0 aliphatic rings. The molecule has 0 spiro atoms. The number of anilines is 1. The second-order valence-corrected chi connectivity index (χ2v) is 4.75. The Bertz CT molecular complexity index is 661. The molecule has 0 unspecified atom stereocenters. The van der Waals surface area contributed by atoms with Crippen molar-refractivity contribution in [2.75, 3.05) is 11.9 Å². The number of aryl methyl sites for hydroxylation is 1. The highest BCUT2D eigenvalue weighted by atomic mass is 32.1. The molecule has 0 fully saturated rings. The molecule has 0 aromatic carbocycles. The van der Waals surface area contributed by atoms with Crippen molar-refractivity contribution in [3.63, 3.8) is 0 Å². The lowest BCUT2D eigenvalue weighted by Gasteiger charge is -1.99. The SMILES string of the molecule is Cc1noc(NC(=O)c2csc(C#CCO)c2)c1C. The molecule has 5 nitrogen and oxygen atoms in total. The molecule has 2 heterocycles. The van der Waals surface area contributed by atoms with E-state index in [2.05, 4.69) is 22.3 Å². The van der Waals surface area contributed by atoms with E-state index in [4.69, 9.17) is 9.63 Å². The van der Waals surface area contributed by atoms with Crippen molar-refractivity contribution in [3.8, 4) is 11.8 Å². The summed E-state index contributed by atoms with van der Waals surface area (Å²) in [5.41, 5.74) is 2.06. The van der Waals surface area contributed by atoms with Crippen LogP contribution in [-0.4, -0.2) is 22.8 Å². The zero-order chi connectivity index (χ0) is 13.8. The average Bonchev–Trinajstić information content (AvgIpc) is 2.98. The minimum Gasteiger partial charge on any atom is -0.384 e. The number of hydrogen-bond donors (Lipinski definition) is 2. The summed E-state index contributed by atoms with van der Waals surface area (Å²) in [6.45, 7) is 3.44. The average molecular weight is 276 g/mol. The Kier molecular flexibility index (Phi) is 4.00. The van der Waals surface area contributed by atoms with Crippen LogP contribution in [0.1, 0.15) is 26.5 Å². The number of nitrogens with one attached hydrogen (secondary N) is 1. The van der Waals surface area contributed by atoms with Gasteiger partial charge in [-0.2, -0.15) is 0 Å². The van der Waals surface area contributed by atoms with E-state index in [1.54, 1.807) is 11.4 Å². The Hall–Kier alpha value is -2.10. The third kappa shape index (κ3) is 3.02. The standard InChI is InChI=1S/C13H12N2O3S/c1-8-9(2)15-18-13(8)14-12(17)10-6-11(19-7-10)4-3-5-16/h6-7,16H,5H2,1-2H3,(H,14,17). The molecule has 2 rings (SSSR count). The van der Waals surface area contributed by atoms with Gasteiger partial charge in [-0.3, -0.25) is 10.1 Å². The van der Waals surface area contributed by atoms with Crippen LogP contribution in [0.15, 0.2) is 16.0 Å². The lowest BCUT2D eigenvalue weighted by Crippen LogP contribution is -2.10. The van der Waals surface area contributed by atoms with Crippen molar-refractivity contribution >= 4 is 23.1 Å². The van der Waals surface area contributed by atoms with Gasteiger partial charge in [0.25, 0.3) is 5.91 Å². The van der Waals surface area contributed by atoms with Gasteiger partial charge in [-0.25, -0.2) is 0 Å². The van der Waals surface area contributed by atoms with E-state index in [9.17, 15) is 4.79 Å². The molecule has 2 aromatic heterocycles. The fourth-order valence-corrected chi connectivity index (χ4v) is 2.11. The summed E-state index contributed by atoms with van der Waals surface area (Å²) in [7, 11) is 0. The first kappa shape index (κ1) is 13.3. The van der Waals surface area contributed by atoms with E-state index >= 15 is 0 Å². The summed E-state index contributed by atoms with van der Waals surface area (Å²) < 4.78 is 5.02. The number of aromatic nitrogens is 1. The molecule has 0 aliphatic carbocycles. The van der Waals surface area contributed by atoms with Crippen LogP contribution >= 0.6 is 11.3 Å². The molecule has 1 amide bonds. The largest absolute Gasteiger partial charge is 0.384 e. The maximum Gasteiger partial charge on any atom is 0.258 e. The van der Waals surface area contributed by atoms with Crippen molar-refractivity contribution in [3.05, 3.63) is 33.1 Å². The first-order valence-corrected chi connectivity index (χ1v) is 6.42. The molecule has 0 saturated heterocycles. The molecule has 2 aromatic rings. The molecule has 0 bridgehead atoms. The van der Waals surface area contributed by atoms with E-state index in [0.29, 0.717) is 11.4 Å². The lowest BCUT2D eigenvalue weighted by atomic mass is 10.2. The number of carbonyl (C=O) groups excluding carboxylic acids is 1. The van der Waals surface area contributed by atoms with Gasteiger partial charge >= 0.3 is 0 Å². The highest BCUT2D eigenvalue weighted by molar-refractivity contribution is 7.10. The van der Waals surface area contributed by atoms with Crippen LogP contribution in [0, 0.1) is 25.7 Å². The maximum atomic E-state index is 12.0. The molecule has 0 aliphatic heterocycles. The first-order valence-electron chi connectivity index (χ1n) is 5.54. The molecular weight excluding hydrogens is 264 g/mol. The molecule has 0 saturated carbocycles. The minimum atomic E-state index is -0.271. The molecule has 0 atom stereocenters. The maximum absolute atomic E-state index is 12.0. The number of nitrogens with zero attached hydrogens (tertiary/aromatic N) is 1. The highest BCUT2D eigenvalue weighted by Crippen LogP contribution is 2.20. The van der Waals surface area contributed by atoms with Gasteiger partial charge in [0, 0.05) is 10.9 Å². The smallest absolute Gasteiger partial charge is 0.258 e. The van der Waals surface area contributed by atoms with E-state index in [1.165, 1.54) is 11.3 Å². The van der Waals surface area contributed by atoms with Gasteiger partial charge in [0.2, 0.25) is 5.88 Å². The first-order chi connectivity index (χ1) is 9.11. The summed E-state index contributed by atoms with van der Waals surface area (Å²) in [5, 5.41) is 16.7. The highest BCUT2D eigenvalue weighted by Gasteiger charge is 2.14. The van der Waals surface area contributed by atoms with Crippen molar-refractivity contribution in [1.82, 2.24) is 5.16 Å². The topological polar surface area (TPSA) is 75.4 Å². The van der Waals surface area contributed by atoms with E-state index < -0.39 is 0 Å². The quantitative estimate of drug-likeness (QED) is 0.822. The van der Waals surface area contributed by atoms with Crippen LogP contribution in [0.5, 0.6) is 0 Å². The third-order valence-corrected chi connectivity index (χ3v) is 3.38. The van der Waals surface area contributed by atoms with Crippen molar-refractivity contribution < 1.29 is 14.4 Å². The number of aliphatic hydroxyl groups is 1. The van der Waals surface area contributed by atoms with Gasteiger partial charge in [-0.05, 0) is 19.9 Å². The van der Waals surface area contributed by atoms with Crippen LogP contribution in [0.4, 0.5) is 5.88 Å². The molecular formula is C13H12N2O3S. The summed E-state index contributed by atoms with van der Waals surface area (Å²) in [6.07, 6.45) is 0. The normalized spacial score (nSPS) is 9.84. The number of hydrogen-bond acceptors (Lipinski definition) is 5. The number of aliphatic hydroxyl groups excluding tert-OH is 1. The summed E-state index contributed by atoms with van der Waals surface area (Å²) >= 11 is 1.35. The molecule has 98 valence electrons. The Labute approximate surface area is 114 Å². The lowest BCUT2D eigenvalue weighted by molar-refractivity contribution is 0.102. The van der Waals surface area contributed by atoms with Gasteiger partial charge in [0.05, 0.1) is 16.1 Å². The summed E-state index contributed by atoms with van der Waals surface area (Å²) in [6, 6.07) is 1.67. The van der Waals surface area contributed by atoms with Gasteiger partial charge in [0.1, 0.15) is 6.61 Å². The van der Waals surface area contributed by atoms with Crippen molar-refractivity contribution in [1.29, 1.82) is 0 Å². The molecule has 19 heavy (non-hydrogen) atoms. The van der Waals surface area contributed by atoms with Crippen LogP contribution in [0.25, 0.3) is 0 Å². The van der Waals surface area contributed by atoms with E-state index in [1.807, 2.05) is 13.8 Å². The van der Waals surface area contributed by atoms with Crippen LogP contribution < -0.4 is 5.32 Å². The van der Waals surface area contributed by atoms with E-state index in [-0.39, 0.29) is 12.5 Å². The minimum absolute atomic E-state index is 0.198. The van der Waals surface area contributed by atoms with Gasteiger partial charge in [0.15, 0.2) is 0 Å². The zero-order valence-corrected chi connectivity index (χ0v) is 11.3. The summed E-state index contributed by atoms with van der Waals surface area (Å²) in [4.78, 5) is 12.7. The van der Waals surface area contributed by atoms with Gasteiger partial charge in [-0.15, -0.1) is 11.3 Å². The van der Waals surface area contributed by atoms with Crippen LogP contribution in [0.3, 0.4) is 0 Å². The molecule has 6 heteroatoms. The van der Waals surface area contributed by atoms with Crippen LogP contribution in [0.2, 0.25) is 0 Å². The Morgan fingerprint density at radius 2 is 2.37 bits per heavy atom. The Morgan fingerprint density at radius 1 is 1.58 bits per heavy atom. The van der Waals surface area contributed by atoms with Crippen LogP contribution in [-0.2, 0) is 0 Å². The number of amides is 1. The second kappa shape index (κ2) is 5.69. The predicted octanol–water partition coefficient (Wildman–Crippen LogP) is 1.95. The van der Waals surface area contributed by atoms with Gasteiger partial charge < -0.3 is 9.63 Å². The molecule has 2 N–H and O–H groups in total. The zero-order valence-electron chi connectivity index (χ0n) is 10.5. The Balaban J connectivity index is 2.12. The number of thiophene rings is 1. The number of rotatable bonds is 2. The predicted molar refractivity (Wildman–Crippen MR) is 72.2 cm³/mol. The Morgan fingerprint density at radius 3 is 3.00 bits per heavy atom. The van der Waals surface area contributed by atoms with Crippen molar-refractivity contribution in [2.24, 2.45) is 0 Å². The monoisotopic (exact) mass is 276 g/mol. The van der Waals surface area contributed by atoms with Gasteiger partial charge in [-0.1, -0.05) is 17.0 Å². The fourth-order valence-electron chi connectivity index (χ4n) is 1.35.